The molecule has 3 heteroatoms. The number of halogens is 1. The highest BCUT2D eigenvalue weighted by molar-refractivity contribution is 6.17. The first kappa shape index (κ1) is 20.3. The highest BCUT2D eigenvalue weighted by Crippen LogP contribution is 2.14. The molecule has 0 atom stereocenters. The second kappa shape index (κ2) is 14.8. The van der Waals surface area contributed by atoms with Crippen LogP contribution in [-0.2, 0) is 0 Å². The Morgan fingerprint density at radius 2 is 1.23 bits per heavy atom. The predicted molar refractivity (Wildman–Crippen MR) is 99.6 cm³/mol. The monoisotopic (exact) mass is 330 g/mol. The van der Waals surface area contributed by atoms with Crippen molar-refractivity contribution in [3.8, 4) is 0 Å². The van der Waals surface area contributed by atoms with Crippen molar-refractivity contribution in [1.29, 1.82) is 0 Å². The second-order valence-electron chi connectivity index (χ2n) is 6.84. The molecule has 22 heavy (non-hydrogen) atoms. The zero-order valence-electron chi connectivity index (χ0n) is 15.0. The summed E-state index contributed by atoms with van der Waals surface area (Å²) in [5, 5.41) is 5.15. The zero-order valence-corrected chi connectivity index (χ0v) is 15.8. The molecule has 1 heterocycles. The van der Waals surface area contributed by atoms with Crippen LogP contribution in [0.25, 0.3) is 0 Å². The fraction of sp³-hybridized carbons (Fsp3) is 1.00. The maximum absolute atomic E-state index is 5.87. The van der Waals surface area contributed by atoms with Crippen molar-refractivity contribution >= 4 is 11.6 Å². The Labute approximate surface area is 144 Å². The minimum Gasteiger partial charge on any atom is -0.242 e. The number of hydrazine groups is 1. The Morgan fingerprint density at radius 3 is 1.77 bits per heavy atom. The quantitative estimate of drug-likeness (QED) is 0.274. The smallest absolute Gasteiger partial charge is 0.0236 e. The molecule has 2 nitrogen and oxygen atoms in total. The molecule has 0 aromatic carbocycles. The average molecular weight is 331 g/mol. The number of rotatable bonds is 15. The van der Waals surface area contributed by atoms with E-state index in [1.807, 2.05) is 0 Å². The van der Waals surface area contributed by atoms with Gasteiger partial charge in [-0.3, -0.25) is 0 Å². The van der Waals surface area contributed by atoms with Crippen LogP contribution in [0.15, 0.2) is 0 Å². The molecule has 1 fully saturated rings. The lowest BCUT2D eigenvalue weighted by Crippen LogP contribution is -2.42. The number of hydrogen-bond donors (Lipinski definition) is 0. The van der Waals surface area contributed by atoms with Crippen molar-refractivity contribution in [3.63, 3.8) is 0 Å². The Balaban J connectivity index is 1.95. The lowest BCUT2D eigenvalue weighted by molar-refractivity contribution is -0.00448. The van der Waals surface area contributed by atoms with Crippen molar-refractivity contribution in [2.45, 2.75) is 90.4 Å². The normalized spacial score (nSPS) is 16.0. The summed E-state index contributed by atoms with van der Waals surface area (Å²) in [5.41, 5.74) is 0. The molecule has 0 amide bonds. The molecule has 0 aliphatic carbocycles. The van der Waals surface area contributed by atoms with Crippen LogP contribution in [0.5, 0.6) is 0 Å². The van der Waals surface area contributed by atoms with E-state index in [-0.39, 0.29) is 0 Å². The first-order valence-electron chi connectivity index (χ1n) is 9.94. The number of hydrogen-bond acceptors (Lipinski definition) is 2. The van der Waals surface area contributed by atoms with E-state index in [0.29, 0.717) is 0 Å². The van der Waals surface area contributed by atoms with Gasteiger partial charge < -0.3 is 0 Å². The predicted octanol–water partition coefficient (Wildman–Crippen LogP) is 5.85. The van der Waals surface area contributed by atoms with Gasteiger partial charge in [0.1, 0.15) is 0 Å². The molecule has 0 radical (unpaired) electrons. The molecule has 1 saturated heterocycles. The van der Waals surface area contributed by atoms with Crippen LogP contribution in [0.1, 0.15) is 90.4 Å². The van der Waals surface area contributed by atoms with Crippen LogP contribution in [0.2, 0.25) is 0 Å². The molecular weight excluding hydrogens is 292 g/mol. The fourth-order valence-corrected chi connectivity index (χ4v) is 3.52. The summed E-state index contributed by atoms with van der Waals surface area (Å²) in [6.07, 6.45) is 18.1. The molecule has 0 spiro atoms. The van der Waals surface area contributed by atoms with E-state index in [4.69, 9.17) is 11.6 Å². The van der Waals surface area contributed by atoms with Crippen LogP contribution in [0.4, 0.5) is 0 Å². The van der Waals surface area contributed by atoms with Crippen molar-refractivity contribution in [1.82, 2.24) is 10.0 Å². The van der Waals surface area contributed by atoms with E-state index in [1.54, 1.807) is 0 Å². The van der Waals surface area contributed by atoms with Crippen LogP contribution in [0.3, 0.4) is 0 Å². The van der Waals surface area contributed by atoms with Gasteiger partial charge in [0.2, 0.25) is 0 Å². The molecule has 1 rings (SSSR count). The van der Waals surface area contributed by atoms with Gasteiger partial charge in [0, 0.05) is 32.1 Å². The third-order valence-corrected chi connectivity index (χ3v) is 5.07. The van der Waals surface area contributed by atoms with Crippen molar-refractivity contribution in [2.24, 2.45) is 0 Å². The summed E-state index contributed by atoms with van der Waals surface area (Å²) in [5.74, 6) is 0.794. The summed E-state index contributed by atoms with van der Waals surface area (Å²) in [4.78, 5) is 0. The highest BCUT2D eigenvalue weighted by Gasteiger charge is 2.18. The summed E-state index contributed by atoms with van der Waals surface area (Å²) in [6.45, 7) is 7.22. The summed E-state index contributed by atoms with van der Waals surface area (Å²) in [6, 6.07) is 0. The van der Waals surface area contributed by atoms with Gasteiger partial charge in [-0.15, -0.1) is 11.6 Å². The van der Waals surface area contributed by atoms with E-state index in [0.717, 1.165) is 18.8 Å². The van der Waals surface area contributed by atoms with Crippen LogP contribution < -0.4 is 0 Å². The number of alkyl halides is 1. The highest BCUT2D eigenvalue weighted by atomic mass is 35.5. The molecule has 1 aliphatic rings. The van der Waals surface area contributed by atoms with Gasteiger partial charge >= 0.3 is 0 Å². The van der Waals surface area contributed by atoms with Gasteiger partial charge in [0.15, 0.2) is 0 Å². The van der Waals surface area contributed by atoms with Gasteiger partial charge in [-0.1, -0.05) is 64.7 Å². The molecule has 0 bridgehead atoms. The first-order valence-corrected chi connectivity index (χ1v) is 10.5. The van der Waals surface area contributed by atoms with Crippen molar-refractivity contribution in [2.75, 3.05) is 32.1 Å². The summed E-state index contributed by atoms with van der Waals surface area (Å²) in [7, 11) is 0. The lowest BCUT2D eigenvalue weighted by Gasteiger charge is -2.31. The minimum atomic E-state index is 0.794. The van der Waals surface area contributed by atoms with Crippen molar-refractivity contribution in [3.05, 3.63) is 0 Å². The van der Waals surface area contributed by atoms with E-state index < -0.39 is 0 Å². The molecule has 0 aromatic rings. The maximum Gasteiger partial charge on any atom is 0.0236 e. The SMILES string of the molecule is CCCCCCCCCCCCN(CCCCl)N1CCCC1. The van der Waals surface area contributed by atoms with Gasteiger partial charge in [0.05, 0.1) is 0 Å². The Morgan fingerprint density at radius 1 is 0.727 bits per heavy atom. The van der Waals surface area contributed by atoms with Gasteiger partial charge in [-0.2, -0.15) is 0 Å². The average Bonchev–Trinajstić information content (AvgIpc) is 3.06. The summed E-state index contributed by atoms with van der Waals surface area (Å²) >= 11 is 5.87. The minimum absolute atomic E-state index is 0.794. The Kier molecular flexibility index (Phi) is 13.6. The third kappa shape index (κ3) is 10.1. The van der Waals surface area contributed by atoms with Gasteiger partial charge in [-0.05, 0) is 25.7 Å². The Hall–Kier alpha value is 0.210. The number of nitrogens with zero attached hydrogens (tertiary/aromatic N) is 2. The molecule has 0 saturated carbocycles. The molecule has 0 N–H and O–H groups in total. The number of unbranched alkanes of at least 4 members (excludes halogenated alkanes) is 9. The topological polar surface area (TPSA) is 6.48 Å². The molecule has 0 aromatic heterocycles. The van der Waals surface area contributed by atoms with Gasteiger partial charge in [0.25, 0.3) is 0 Å². The van der Waals surface area contributed by atoms with Crippen molar-refractivity contribution < 1.29 is 0 Å². The van der Waals surface area contributed by atoms with Crippen LogP contribution in [0, 0.1) is 0 Å². The molecule has 132 valence electrons. The molecular formula is C19H39ClN2. The maximum atomic E-state index is 5.87. The van der Waals surface area contributed by atoms with E-state index in [1.165, 1.54) is 96.7 Å². The first-order chi connectivity index (χ1) is 10.9. The largest absolute Gasteiger partial charge is 0.242 e. The standard InChI is InChI=1S/C19H39ClN2/c1-2-3-4-5-6-7-8-9-10-11-16-22(19-14-15-20)21-17-12-13-18-21/h2-19H2,1H3. The lowest BCUT2D eigenvalue weighted by atomic mass is 10.1. The van der Waals surface area contributed by atoms with Crippen LogP contribution >= 0.6 is 11.6 Å². The fourth-order valence-electron chi connectivity index (χ4n) is 3.40. The zero-order chi connectivity index (χ0) is 15.9. The van der Waals surface area contributed by atoms with Crippen LogP contribution in [-0.4, -0.2) is 42.1 Å². The van der Waals surface area contributed by atoms with E-state index >= 15 is 0 Å². The molecule has 1 aliphatic heterocycles. The Bertz CT molecular complexity index is 229. The van der Waals surface area contributed by atoms with Gasteiger partial charge in [-0.25, -0.2) is 10.0 Å². The van der Waals surface area contributed by atoms with E-state index in [9.17, 15) is 0 Å². The second-order valence-corrected chi connectivity index (χ2v) is 7.22. The summed E-state index contributed by atoms with van der Waals surface area (Å²) < 4.78 is 0. The third-order valence-electron chi connectivity index (χ3n) is 4.80. The van der Waals surface area contributed by atoms with E-state index in [2.05, 4.69) is 16.9 Å². The molecule has 0 unspecified atom stereocenters.